The number of sulfonamides is 1. The summed E-state index contributed by atoms with van der Waals surface area (Å²) in [6, 6.07) is 4.69. The summed E-state index contributed by atoms with van der Waals surface area (Å²) in [4.78, 5) is 0.0719. The van der Waals surface area contributed by atoms with E-state index >= 15 is 0 Å². The van der Waals surface area contributed by atoms with Crippen molar-refractivity contribution in [3.05, 3.63) is 27.7 Å². The highest BCUT2D eigenvalue weighted by atomic mass is 79.9. The second-order valence-corrected chi connectivity index (χ2v) is 7.11. The van der Waals surface area contributed by atoms with Crippen molar-refractivity contribution in [3.63, 3.8) is 0 Å². The van der Waals surface area contributed by atoms with Gasteiger partial charge in [0.15, 0.2) is 0 Å². The maximum Gasteiger partial charge on any atom is 0.244 e. The minimum Gasteiger partial charge on any atom is -0.392 e. The van der Waals surface area contributed by atoms with E-state index in [0.29, 0.717) is 17.4 Å². The van der Waals surface area contributed by atoms with E-state index in [1.807, 2.05) is 0 Å². The zero-order valence-electron chi connectivity index (χ0n) is 8.81. The highest BCUT2D eigenvalue weighted by Crippen LogP contribution is 2.29. The number of halogens is 2. The molecule has 0 aliphatic carbocycles. The molecule has 1 aliphatic rings. The van der Waals surface area contributed by atoms with Gasteiger partial charge in [-0.15, -0.1) is 0 Å². The molecular formula is C10H11BrClNO3S. The molecule has 1 fully saturated rings. The van der Waals surface area contributed by atoms with Crippen molar-refractivity contribution in [3.8, 4) is 0 Å². The number of aliphatic hydroxyl groups is 1. The Morgan fingerprint density at radius 2 is 2.18 bits per heavy atom. The molecule has 0 saturated carbocycles. The van der Waals surface area contributed by atoms with E-state index in [1.54, 1.807) is 6.07 Å². The van der Waals surface area contributed by atoms with Gasteiger partial charge in [-0.1, -0.05) is 27.5 Å². The van der Waals surface area contributed by atoms with E-state index in [1.165, 1.54) is 16.4 Å². The van der Waals surface area contributed by atoms with Gasteiger partial charge in [-0.2, -0.15) is 4.31 Å². The van der Waals surface area contributed by atoms with E-state index in [9.17, 15) is 13.5 Å². The molecule has 4 nitrogen and oxygen atoms in total. The van der Waals surface area contributed by atoms with Gasteiger partial charge in [0.2, 0.25) is 10.0 Å². The lowest BCUT2D eigenvalue weighted by molar-refractivity contribution is 0.189. The molecule has 1 aliphatic heterocycles. The van der Waals surface area contributed by atoms with E-state index in [-0.39, 0.29) is 16.5 Å². The van der Waals surface area contributed by atoms with Gasteiger partial charge in [-0.05, 0) is 24.6 Å². The molecule has 1 saturated heterocycles. The second kappa shape index (κ2) is 4.85. The Balaban J connectivity index is 2.41. The van der Waals surface area contributed by atoms with E-state index in [2.05, 4.69) is 15.9 Å². The third-order valence-corrected chi connectivity index (χ3v) is 5.48. The molecule has 0 bridgehead atoms. The van der Waals surface area contributed by atoms with Crippen LogP contribution in [0.25, 0.3) is 0 Å². The van der Waals surface area contributed by atoms with E-state index in [4.69, 9.17) is 11.6 Å². The molecule has 0 radical (unpaired) electrons. The molecule has 1 aromatic carbocycles. The number of rotatable bonds is 2. The molecular weight excluding hydrogens is 330 g/mol. The predicted octanol–water partition coefficient (Wildman–Crippen LogP) is 1.86. The fourth-order valence-electron chi connectivity index (χ4n) is 1.74. The molecule has 0 unspecified atom stereocenters. The summed E-state index contributed by atoms with van der Waals surface area (Å²) >= 11 is 9.12. The number of hydrogen-bond donors (Lipinski definition) is 1. The lowest BCUT2D eigenvalue weighted by atomic mass is 10.3. The van der Waals surface area contributed by atoms with Crippen LogP contribution >= 0.6 is 27.5 Å². The highest BCUT2D eigenvalue weighted by Gasteiger charge is 2.32. The monoisotopic (exact) mass is 339 g/mol. The van der Waals surface area contributed by atoms with Crippen LogP contribution in [0, 0.1) is 0 Å². The van der Waals surface area contributed by atoms with Crippen molar-refractivity contribution in [2.45, 2.75) is 17.4 Å². The molecule has 94 valence electrons. The van der Waals surface area contributed by atoms with Crippen molar-refractivity contribution >= 4 is 37.6 Å². The van der Waals surface area contributed by atoms with Gasteiger partial charge in [-0.25, -0.2) is 8.42 Å². The van der Waals surface area contributed by atoms with Crippen LogP contribution in [0.15, 0.2) is 27.6 Å². The lowest BCUT2D eigenvalue weighted by Crippen LogP contribution is -2.29. The predicted molar refractivity (Wildman–Crippen MR) is 68.5 cm³/mol. The summed E-state index contributed by atoms with van der Waals surface area (Å²) in [6.45, 7) is 0.456. The number of nitrogens with zero attached hydrogens (tertiary/aromatic N) is 1. The molecule has 17 heavy (non-hydrogen) atoms. The van der Waals surface area contributed by atoms with Crippen LogP contribution in [-0.4, -0.2) is 37.0 Å². The molecule has 1 heterocycles. The van der Waals surface area contributed by atoms with E-state index < -0.39 is 16.1 Å². The maximum absolute atomic E-state index is 12.3. The highest BCUT2D eigenvalue weighted by molar-refractivity contribution is 9.10. The summed E-state index contributed by atoms with van der Waals surface area (Å²) in [5.74, 6) is 0. The number of aliphatic hydroxyl groups excluding tert-OH is 1. The molecule has 0 spiro atoms. The van der Waals surface area contributed by atoms with Gasteiger partial charge in [0, 0.05) is 17.6 Å². The summed E-state index contributed by atoms with van der Waals surface area (Å²) in [5.41, 5.74) is 0. The second-order valence-electron chi connectivity index (χ2n) is 3.88. The van der Waals surface area contributed by atoms with Crippen molar-refractivity contribution in [1.82, 2.24) is 4.31 Å². The van der Waals surface area contributed by atoms with Crippen molar-refractivity contribution < 1.29 is 13.5 Å². The molecule has 0 aromatic heterocycles. The van der Waals surface area contributed by atoms with Gasteiger partial charge in [-0.3, -0.25) is 0 Å². The van der Waals surface area contributed by atoms with Crippen LogP contribution in [0.5, 0.6) is 0 Å². The summed E-state index contributed by atoms with van der Waals surface area (Å²) in [5, 5.41) is 9.57. The van der Waals surface area contributed by atoms with Crippen LogP contribution in [-0.2, 0) is 10.0 Å². The summed E-state index contributed by atoms with van der Waals surface area (Å²) in [7, 11) is -3.61. The Morgan fingerprint density at radius 1 is 1.47 bits per heavy atom. The van der Waals surface area contributed by atoms with Crippen molar-refractivity contribution in [2.24, 2.45) is 0 Å². The largest absolute Gasteiger partial charge is 0.392 e. The molecule has 1 aromatic rings. The quantitative estimate of drug-likeness (QED) is 0.894. The molecule has 7 heteroatoms. The molecule has 2 rings (SSSR count). The first-order valence-corrected chi connectivity index (χ1v) is 7.65. The van der Waals surface area contributed by atoms with E-state index in [0.717, 1.165) is 0 Å². The average molecular weight is 341 g/mol. The molecule has 1 N–H and O–H groups in total. The Labute approximate surface area is 113 Å². The Kier molecular flexibility index (Phi) is 3.80. The van der Waals surface area contributed by atoms with Gasteiger partial charge in [0.25, 0.3) is 0 Å². The van der Waals surface area contributed by atoms with Crippen molar-refractivity contribution in [1.29, 1.82) is 0 Å². The zero-order valence-corrected chi connectivity index (χ0v) is 12.0. The molecule has 1 atom stereocenters. The Morgan fingerprint density at radius 3 is 2.76 bits per heavy atom. The Hall–Kier alpha value is -0.140. The number of hydrogen-bond acceptors (Lipinski definition) is 3. The fourth-order valence-corrected chi connectivity index (χ4v) is 4.25. The SMILES string of the molecule is O=S(=O)(c1cc(Br)ccc1Cl)N1CC[C@H](O)C1. The third-order valence-electron chi connectivity index (χ3n) is 2.64. The van der Waals surface area contributed by atoms with Crippen LogP contribution in [0.3, 0.4) is 0 Å². The zero-order chi connectivity index (χ0) is 12.6. The minimum absolute atomic E-state index is 0.0719. The van der Waals surface area contributed by atoms with Crippen LogP contribution in [0.2, 0.25) is 5.02 Å². The maximum atomic E-state index is 12.3. The Bertz CT molecular complexity index is 534. The summed E-state index contributed by atoms with van der Waals surface area (Å²) in [6.07, 6.45) is -0.124. The smallest absolute Gasteiger partial charge is 0.244 e. The van der Waals surface area contributed by atoms with Gasteiger partial charge < -0.3 is 5.11 Å². The molecule has 0 amide bonds. The summed E-state index contributed by atoms with van der Waals surface area (Å²) < 4.78 is 26.4. The number of benzene rings is 1. The third kappa shape index (κ3) is 2.66. The van der Waals surface area contributed by atoms with Gasteiger partial charge >= 0.3 is 0 Å². The van der Waals surface area contributed by atoms with Gasteiger partial charge in [0.1, 0.15) is 4.90 Å². The lowest BCUT2D eigenvalue weighted by Gasteiger charge is -2.16. The first-order valence-electron chi connectivity index (χ1n) is 5.04. The first-order chi connectivity index (χ1) is 7.91. The number of β-amino-alcohol motifs (C(OH)–C–C–N with tert-alkyl or cyclic N) is 1. The van der Waals surface area contributed by atoms with Crippen LogP contribution in [0.4, 0.5) is 0 Å². The van der Waals surface area contributed by atoms with Crippen LogP contribution in [0.1, 0.15) is 6.42 Å². The fraction of sp³-hybridized carbons (Fsp3) is 0.400. The minimum atomic E-state index is -3.61. The van der Waals surface area contributed by atoms with Crippen molar-refractivity contribution in [2.75, 3.05) is 13.1 Å². The topological polar surface area (TPSA) is 57.6 Å². The average Bonchev–Trinajstić information content (AvgIpc) is 2.69. The van der Waals surface area contributed by atoms with Crippen LogP contribution < -0.4 is 0 Å². The standard InChI is InChI=1S/C10H11BrClNO3S/c11-7-1-2-9(12)10(5-7)17(15,16)13-4-3-8(14)6-13/h1-2,5,8,14H,3-4,6H2/t8-/m0/s1. The first kappa shape index (κ1) is 13.3. The van der Waals surface area contributed by atoms with Gasteiger partial charge in [0.05, 0.1) is 11.1 Å². The normalized spacial score (nSPS) is 21.9.